The summed E-state index contributed by atoms with van der Waals surface area (Å²) in [5.41, 5.74) is 1.41. The van der Waals surface area contributed by atoms with E-state index in [2.05, 4.69) is 49.5 Å². The van der Waals surface area contributed by atoms with E-state index in [1.54, 1.807) is 0 Å². The summed E-state index contributed by atoms with van der Waals surface area (Å²) < 4.78 is 5.49. The Bertz CT molecular complexity index is 332. The smallest absolute Gasteiger partial charge is 0.0509 e. The number of rotatable bonds is 6. The second-order valence-electron chi connectivity index (χ2n) is 5.33. The van der Waals surface area contributed by atoms with Gasteiger partial charge in [-0.3, -0.25) is 0 Å². The van der Waals surface area contributed by atoms with Gasteiger partial charge in [-0.15, -0.1) is 0 Å². The second-order valence-corrected chi connectivity index (χ2v) is 5.33. The van der Waals surface area contributed by atoms with Crippen LogP contribution in [0.15, 0.2) is 30.3 Å². The van der Waals surface area contributed by atoms with Gasteiger partial charge >= 0.3 is 0 Å². The first-order chi connectivity index (χ1) is 8.81. The molecule has 1 aliphatic heterocycles. The summed E-state index contributed by atoms with van der Waals surface area (Å²) in [6.07, 6.45) is 3.60. The fourth-order valence-corrected chi connectivity index (χ4v) is 2.72. The summed E-state index contributed by atoms with van der Waals surface area (Å²) in [5, 5.41) is 3.80. The van der Waals surface area contributed by atoms with E-state index in [0.29, 0.717) is 18.0 Å². The zero-order valence-electron chi connectivity index (χ0n) is 11.6. The molecule has 0 radical (unpaired) electrons. The lowest BCUT2D eigenvalue weighted by atomic mass is 9.96. The third kappa shape index (κ3) is 3.56. The van der Waals surface area contributed by atoms with Crippen molar-refractivity contribution in [1.82, 2.24) is 5.32 Å². The van der Waals surface area contributed by atoms with Gasteiger partial charge in [-0.2, -0.15) is 0 Å². The van der Waals surface area contributed by atoms with Crippen LogP contribution >= 0.6 is 0 Å². The molecule has 1 fully saturated rings. The van der Waals surface area contributed by atoms with Crippen molar-refractivity contribution in [1.29, 1.82) is 0 Å². The highest BCUT2D eigenvalue weighted by Gasteiger charge is 2.24. The van der Waals surface area contributed by atoms with Crippen molar-refractivity contribution in [3.05, 3.63) is 35.9 Å². The van der Waals surface area contributed by atoms with Gasteiger partial charge in [0.2, 0.25) is 0 Å². The predicted molar refractivity (Wildman–Crippen MR) is 75.6 cm³/mol. The Kier molecular flexibility index (Phi) is 5.21. The zero-order valence-corrected chi connectivity index (χ0v) is 11.6. The van der Waals surface area contributed by atoms with Crippen molar-refractivity contribution in [2.75, 3.05) is 13.2 Å². The van der Waals surface area contributed by atoms with Crippen LogP contribution in [0.25, 0.3) is 0 Å². The summed E-state index contributed by atoms with van der Waals surface area (Å²) in [6, 6.07) is 11.8. The third-order valence-electron chi connectivity index (χ3n) is 3.92. The molecule has 18 heavy (non-hydrogen) atoms. The number of benzene rings is 1. The molecule has 1 aliphatic rings. The summed E-state index contributed by atoms with van der Waals surface area (Å²) in [4.78, 5) is 0. The maximum Gasteiger partial charge on any atom is 0.0509 e. The zero-order chi connectivity index (χ0) is 12.8. The average Bonchev–Trinajstić information content (AvgIpc) is 2.93. The Hall–Kier alpha value is -0.860. The van der Waals surface area contributed by atoms with Crippen LogP contribution in [0.3, 0.4) is 0 Å². The molecule has 2 rings (SSSR count). The minimum Gasteiger partial charge on any atom is -0.381 e. The van der Waals surface area contributed by atoms with Crippen LogP contribution in [0.5, 0.6) is 0 Å². The van der Waals surface area contributed by atoms with E-state index < -0.39 is 0 Å². The quantitative estimate of drug-likeness (QED) is 0.830. The van der Waals surface area contributed by atoms with Crippen LogP contribution in [0, 0.1) is 5.92 Å². The second kappa shape index (κ2) is 6.91. The van der Waals surface area contributed by atoms with Crippen molar-refractivity contribution in [3.8, 4) is 0 Å². The maximum absolute atomic E-state index is 5.49. The summed E-state index contributed by atoms with van der Waals surface area (Å²) >= 11 is 0. The van der Waals surface area contributed by atoms with Crippen LogP contribution in [0.1, 0.15) is 44.7 Å². The van der Waals surface area contributed by atoms with Crippen LogP contribution in [-0.2, 0) is 4.74 Å². The molecular weight excluding hydrogens is 222 g/mol. The highest BCUT2D eigenvalue weighted by atomic mass is 16.5. The Morgan fingerprint density at radius 2 is 2.11 bits per heavy atom. The fourth-order valence-electron chi connectivity index (χ4n) is 2.72. The van der Waals surface area contributed by atoms with Crippen molar-refractivity contribution in [2.24, 2.45) is 5.92 Å². The Balaban J connectivity index is 1.97. The number of nitrogens with one attached hydrogen (secondary N) is 1. The molecule has 1 aromatic rings. The Morgan fingerprint density at radius 1 is 1.33 bits per heavy atom. The van der Waals surface area contributed by atoms with Crippen LogP contribution in [0.4, 0.5) is 0 Å². The SMILES string of the molecule is CCCC(NC(C)C1CCOC1)c1ccccc1. The lowest BCUT2D eigenvalue weighted by molar-refractivity contribution is 0.176. The standard InChI is InChI=1S/C16H25NO/c1-3-7-16(14-8-5-4-6-9-14)17-13(2)15-10-11-18-12-15/h4-6,8-9,13,15-17H,3,7,10-12H2,1-2H3. The van der Waals surface area contributed by atoms with Gasteiger partial charge in [-0.05, 0) is 31.2 Å². The first kappa shape index (κ1) is 13.6. The summed E-state index contributed by atoms with van der Waals surface area (Å²) in [5.74, 6) is 0.674. The monoisotopic (exact) mass is 247 g/mol. The lowest BCUT2D eigenvalue weighted by Gasteiger charge is -2.26. The first-order valence-electron chi connectivity index (χ1n) is 7.20. The predicted octanol–water partition coefficient (Wildman–Crippen LogP) is 3.54. The van der Waals surface area contributed by atoms with Crippen molar-refractivity contribution >= 4 is 0 Å². The molecular formula is C16H25NO. The Labute approximate surface area is 111 Å². The molecule has 0 saturated carbocycles. The van der Waals surface area contributed by atoms with Crippen LogP contribution in [-0.4, -0.2) is 19.3 Å². The third-order valence-corrected chi connectivity index (χ3v) is 3.92. The number of hydrogen-bond donors (Lipinski definition) is 1. The number of ether oxygens (including phenoxy) is 1. The summed E-state index contributed by atoms with van der Waals surface area (Å²) in [6.45, 7) is 6.40. The molecule has 0 aliphatic carbocycles. The molecule has 1 N–H and O–H groups in total. The van der Waals surface area contributed by atoms with Gasteiger partial charge in [-0.25, -0.2) is 0 Å². The van der Waals surface area contributed by atoms with Crippen LogP contribution in [0.2, 0.25) is 0 Å². The van der Waals surface area contributed by atoms with Gasteiger partial charge < -0.3 is 10.1 Å². The average molecular weight is 247 g/mol. The molecule has 0 spiro atoms. The van der Waals surface area contributed by atoms with E-state index in [9.17, 15) is 0 Å². The minimum atomic E-state index is 0.479. The molecule has 1 aromatic carbocycles. The van der Waals surface area contributed by atoms with Crippen molar-refractivity contribution < 1.29 is 4.74 Å². The molecule has 1 heterocycles. The largest absolute Gasteiger partial charge is 0.381 e. The van der Waals surface area contributed by atoms with Gasteiger partial charge in [0, 0.05) is 18.7 Å². The maximum atomic E-state index is 5.49. The molecule has 0 amide bonds. The van der Waals surface area contributed by atoms with E-state index in [4.69, 9.17) is 4.74 Å². The molecule has 3 atom stereocenters. The van der Waals surface area contributed by atoms with Gasteiger partial charge in [0.15, 0.2) is 0 Å². The van der Waals surface area contributed by atoms with Crippen molar-refractivity contribution in [2.45, 2.75) is 45.2 Å². The van der Waals surface area contributed by atoms with Gasteiger partial charge in [0.05, 0.1) is 6.61 Å². The van der Waals surface area contributed by atoms with E-state index in [0.717, 1.165) is 13.2 Å². The molecule has 2 nitrogen and oxygen atoms in total. The van der Waals surface area contributed by atoms with E-state index in [1.807, 2.05) is 0 Å². The topological polar surface area (TPSA) is 21.3 Å². The highest BCUT2D eigenvalue weighted by Crippen LogP contribution is 2.23. The molecule has 100 valence electrons. The fraction of sp³-hybridized carbons (Fsp3) is 0.625. The van der Waals surface area contributed by atoms with E-state index in [-0.39, 0.29) is 0 Å². The molecule has 0 bridgehead atoms. The van der Waals surface area contributed by atoms with Gasteiger partial charge in [0.1, 0.15) is 0 Å². The number of hydrogen-bond acceptors (Lipinski definition) is 2. The van der Waals surface area contributed by atoms with Crippen molar-refractivity contribution in [3.63, 3.8) is 0 Å². The first-order valence-corrected chi connectivity index (χ1v) is 7.20. The lowest BCUT2D eigenvalue weighted by Crippen LogP contribution is -2.36. The summed E-state index contributed by atoms with van der Waals surface area (Å²) in [7, 11) is 0. The molecule has 0 aromatic heterocycles. The highest BCUT2D eigenvalue weighted by molar-refractivity contribution is 5.19. The van der Waals surface area contributed by atoms with E-state index in [1.165, 1.54) is 24.8 Å². The normalized spacial score (nSPS) is 22.9. The van der Waals surface area contributed by atoms with Gasteiger partial charge in [0.25, 0.3) is 0 Å². The van der Waals surface area contributed by atoms with Gasteiger partial charge in [-0.1, -0.05) is 43.7 Å². The Morgan fingerprint density at radius 3 is 2.72 bits per heavy atom. The van der Waals surface area contributed by atoms with Crippen LogP contribution < -0.4 is 5.32 Å². The molecule has 1 saturated heterocycles. The molecule has 2 heteroatoms. The molecule has 3 unspecified atom stereocenters. The minimum absolute atomic E-state index is 0.479. The van der Waals surface area contributed by atoms with E-state index >= 15 is 0 Å².